The number of fused-ring (bicyclic) bond motifs is 1. The van der Waals surface area contributed by atoms with Gasteiger partial charge in [0.05, 0.1) is 5.69 Å². The predicted molar refractivity (Wildman–Crippen MR) is 154 cm³/mol. The van der Waals surface area contributed by atoms with Gasteiger partial charge in [0.25, 0.3) is 5.91 Å². The summed E-state index contributed by atoms with van der Waals surface area (Å²) in [5.74, 6) is 0.0418. The molecule has 1 aromatic carbocycles. The molecule has 9 nitrogen and oxygen atoms in total. The second-order valence-corrected chi connectivity index (χ2v) is 10.9. The first-order valence-electron chi connectivity index (χ1n) is 13.6. The van der Waals surface area contributed by atoms with Crippen LogP contribution in [0.15, 0.2) is 36.4 Å². The van der Waals surface area contributed by atoms with Crippen LogP contribution in [0.5, 0.6) is 0 Å². The SMILES string of the molecule is CCCc1ccc2c(N)c(C(=O)NCCc3ccc(N4CCN[C@@H](C(=O)N5CCNCC5)C4)cc3)sc2n1. The van der Waals surface area contributed by atoms with Crippen molar-refractivity contribution in [2.45, 2.75) is 32.2 Å². The molecule has 0 spiro atoms. The number of hydrogen-bond donors (Lipinski definition) is 4. The average molecular weight is 536 g/mol. The molecular formula is C28H37N7O2S. The minimum Gasteiger partial charge on any atom is -0.397 e. The Morgan fingerprint density at radius 1 is 1.08 bits per heavy atom. The fourth-order valence-corrected chi connectivity index (χ4v) is 6.16. The first-order chi connectivity index (χ1) is 18.5. The van der Waals surface area contributed by atoms with Gasteiger partial charge in [-0.25, -0.2) is 4.98 Å². The van der Waals surface area contributed by atoms with Crippen molar-refractivity contribution < 1.29 is 9.59 Å². The fraction of sp³-hybridized carbons (Fsp3) is 0.464. The van der Waals surface area contributed by atoms with Gasteiger partial charge in [0.15, 0.2) is 0 Å². The van der Waals surface area contributed by atoms with Crippen LogP contribution in [0.25, 0.3) is 10.2 Å². The average Bonchev–Trinajstić information content (AvgIpc) is 3.29. The van der Waals surface area contributed by atoms with Crippen LogP contribution in [0.1, 0.15) is 34.3 Å². The number of nitrogens with two attached hydrogens (primary N) is 1. The lowest BCUT2D eigenvalue weighted by Gasteiger charge is -2.38. The van der Waals surface area contributed by atoms with E-state index in [1.54, 1.807) is 0 Å². The van der Waals surface area contributed by atoms with Crippen LogP contribution in [0, 0.1) is 0 Å². The smallest absolute Gasteiger partial charge is 0.263 e. The Morgan fingerprint density at radius 2 is 1.87 bits per heavy atom. The molecule has 3 aromatic rings. The number of pyridine rings is 1. The zero-order valence-corrected chi connectivity index (χ0v) is 22.8. The molecule has 0 bridgehead atoms. The number of anilines is 2. The van der Waals surface area contributed by atoms with Crippen molar-refractivity contribution in [3.8, 4) is 0 Å². The maximum Gasteiger partial charge on any atom is 0.263 e. The Bertz CT molecular complexity index is 1270. The van der Waals surface area contributed by atoms with Crippen LogP contribution >= 0.6 is 11.3 Å². The van der Waals surface area contributed by atoms with Gasteiger partial charge in [0, 0.05) is 69.1 Å². The highest BCUT2D eigenvalue weighted by atomic mass is 32.1. The molecule has 2 saturated heterocycles. The summed E-state index contributed by atoms with van der Waals surface area (Å²) in [5.41, 5.74) is 10.1. The third-order valence-electron chi connectivity index (χ3n) is 7.27. The first-order valence-corrected chi connectivity index (χ1v) is 14.4. The van der Waals surface area contributed by atoms with Crippen molar-refractivity contribution in [3.63, 3.8) is 0 Å². The van der Waals surface area contributed by atoms with Crippen molar-refractivity contribution in [1.82, 2.24) is 25.8 Å². The molecule has 0 aliphatic carbocycles. The van der Waals surface area contributed by atoms with E-state index in [9.17, 15) is 9.59 Å². The van der Waals surface area contributed by atoms with Gasteiger partial charge < -0.3 is 31.5 Å². The molecule has 2 amide bonds. The molecule has 2 aromatic heterocycles. The van der Waals surface area contributed by atoms with Gasteiger partial charge in [-0.3, -0.25) is 9.59 Å². The minimum absolute atomic E-state index is 0.153. The number of thiophene rings is 1. The van der Waals surface area contributed by atoms with E-state index in [1.807, 2.05) is 17.0 Å². The van der Waals surface area contributed by atoms with Crippen LogP contribution in [-0.4, -0.2) is 80.1 Å². The van der Waals surface area contributed by atoms with Gasteiger partial charge in [0.1, 0.15) is 15.7 Å². The monoisotopic (exact) mass is 535 g/mol. The van der Waals surface area contributed by atoms with Crippen LogP contribution in [0.4, 0.5) is 11.4 Å². The number of amides is 2. The van der Waals surface area contributed by atoms with Crippen LogP contribution in [0.2, 0.25) is 0 Å². The Morgan fingerprint density at radius 3 is 2.63 bits per heavy atom. The summed E-state index contributed by atoms with van der Waals surface area (Å²) in [7, 11) is 0. The Hall–Kier alpha value is -3.21. The van der Waals surface area contributed by atoms with Crippen molar-refractivity contribution in [1.29, 1.82) is 0 Å². The molecule has 2 aliphatic rings. The molecule has 4 heterocycles. The van der Waals surface area contributed by atoms with E-state index in [1.165, 1.54) is 11.3 Å². The number of aromatic nitrogens is 1. The van der Waals surface area contributed by atoms with Crippen molar-refractivity contribution in [3.05, 3.63) is 52.5 Å². The van der Waals surface area contributed by atoms with Crippen LogP contribution in [-0.2, 0) is 17.6 Å². The lowest BCUT2D eigenvalue weighted by atomic mass is 10.1. The quantitative estimate of drug-likeness (QED) is 0.349. The lowest BCUT2D eigenvalue weighted by molar-refractivity contribution is -0.134. The molecule has 202 valence electrons. The number of nitrogens with zero attached hydrogens (tertiary/aromatic N) is 3. The van der Waals surface area contributed by atoms with E-state index in [-0.39, 0.29) is 17.9 Å². The van der Waals surface area contributed by atoms with Gasteiger partial charge in [0.2, 0.25) is 5.91 Å². The largest absolute Gasteiger partial charge is 0.397 e. The number of nitrogen functional groups attached to an aromatic ring is 1. The van der Waals surface area contributed by atoms with Crippen molar-refractivity contribution in [2.75, 3.05) is 63.0 Å². The third kappa shape index (κ3) is 5.92. The number of carbonyl (C=O) groups excluding carboxylic acids is 2. The predicted octanol–water partition coefficient (Wildman–Crippen LogP) is 2.01. The van der Waals surface area contributed by atoms with E-state index in [2.05, 4.69) is 57.0 Å². The number of carbonyl (C=O) groups is 2. The summed E-state index contributed by atoms with van der Waals surface area (Å²) < 4.78 is 0. The van der Waals surface area contributed by atoms with Gasteiger partial charge >= 0.3 is 0 Å². The first kappa shape index (κ1) is 26.4. The molecular weight excluding hydrogens is 498 g/mol. The van der Waals surface area contributed by atoms with E-state index in [4.69, 9.17) is 5.73 Å². The molecule has 1 atom stereocenters. The summed E-state index contributed by atoms with van der Waals surface area (Å²) in [6.45, 7) is 8.23. The molecule has 0 saturated carbocycles. The summed E-state index contributed by atoms with van der Waals surface area (Å²) >= 11 is 1.36. The van der Waals surface area contributed by atoms with Gasteiger partial charge in [-0.1, -0.05) is 25.5 Å². The Balaban J connectivity index is 1.13. The lowest BCUT2D eigenvalue weighted by Crippen LogP contribution is -2.60. The number of rotatable bonds is 8. The molecule has 2 aliphatic heterocycles. The van der Waals surface area contributed by atoms with E-state index in [0.717, 1.165) is 85.7 Å². The van der Waals surface area contributed by atoms with E-state index >= 15 is 0 Å². The molecule has 5 N–H and O–H groups in total. The highest BCUT2D eigenvalue weighted by Gasteiger charge is 2.29. The maximum atomic E-state index is 12.9. The number of piperazine rings is 2. The number of aryl methyl sites for hydroxylation is 1. The van der Waals surface area contributed by atoms with Gasteiger partial charge in [-0.05, 0) is 42.7 Å². The molecule has 0 unspecified atom stereocenters. The number of nitrogens with one attached hydrogen (secondary N) is 3. The summed E-state index contributed by atoms with van der Waals surface area (Å²) in [6, 6.07) is 12.2. The fourth-order valence-electron chi connectivity index (χ4n) is 5.13. The van der Waals surface area contributed by atoms with Crippen molar-refractivity contribution in [2.24, 2.45) is 0 Å². The highest BCUT2D eigenvalue weighted by molar-refractivity contribution is 7.21. The molecule has 0 radical (unpaired) electrons. The Labute approximate surface area is 227 Å². The topological polar surface area (TPSA) is 116 Å². The normalized spacial score (nSPS) is 18.1. The standard InChI is InChI=1S/C28H37N7O2S/c1-2-3-20-6-9-22-24(29)25(38-27(22)33-20)26(36)32-11-10-19-4-7-21(8-5-19)35-17-14-31-23(18-35)28(37)34-15-12-30-13-16-34/h4-9,23,30-31H,2-3,10-18,29H2,1H3,(H,32,36)/t23-/m1/s1. The van der Waals surface area contributed by atoms with Crippen LogP contribution < -0.4 is 26.6 Å². The molecule has 38 heavy (non-hydrogen) atoms. The third-order valence-corrected chi connectivity index (χ3v) is 8.38. The van der Waals surface area contributed by atoms with E-state index < -0.39 is 0 Å². The summed E-state index contributed by atoms with van der Waals surface area (Å²) in [6.07, 6.45) is 2.67. The summed E-state index contributed by atoms with van der Waals surface area (Å²) in [5, 5.41) is 10.6. The molecule has 10 heteroatoms. The minimum atomic E-state index is -0.175. The van der Waals surface area contributed by atoms with Gasteiger partial charge in [-0.2, -0.15) is 0 Å². The zero-order chi connectivity index (χ0) is 26.5. The summed E-state index contributed by atoms with van der Waals surface area (Å²) in [4.78, 5) is 36.0. The molecule has 5 rings (SSSR count). The van der Waals surface area contributed by atoms with Gasteiger partial charge in [-0.15, -0.1) is 11.3 Å². The maximum absolute atomic E-state index is 12.9. The highest BCUT2D eigenvalue weighted by Crippen LogP contribution is 2.32. The second-order valence-electron chi connectivity index (χ2n) is 9.95. The Kier molecular flexibility index (Phi) is 8.41. The second kappa shape index (κ2) is 12.1. The zero-order valence-electron chi connectivity index (χ0n) is 22.0. The molecule has 2 fully saturated rings. The van der Waals surface area contributed by atoms with Crippen molar-refractivity contribution >= 4 is 44.7 Å². The van der Waals surface area contributed by atoms with E-state index in [0.29, 0.717) is 23.7 Å². The number of benzene rings is 1. The number of hydrogen-bond acceptors (Lipinski definition) is 8. The van der Waals surface area contributed by atoms with Crippen LogP contribution in [0.3, 0.4) is 0 Å².